The molecule has 0 saturated carbocycles. The number of hydrogen-bond acceptors (Lipinski definition) is 3. The lowest BCUT2D eigenvalue weighted by atomic mass is 10.3. The van der Waals surface area contributed by atoms with Gasteiger partial charge in [-0.15, -0.1) is 0 Å². The Balaban J connectivity index is 2.47. The molecule has 66 valence electrons. The van der Waals surface area contributed by atoms with Gasteiger partial charge in [0.15, 0.2) is 5.89 Å². The third-order valence-corrected chi connectivity index (χ3v) is 1.50. The van der Waals surface area contributed by atoms with Gasteiger partial charge in [0.2, 0.25) is 0 Å². The smallest absolute Gasteiger partial charge is 0.303 e. The van der Waals surface area contributed by atoms with Crippen LogP contribution in [0.25, 0.3) is 0 Å². The molecule has 0 aromatic carbocycles. The summed E-state index contributed by atoms with van der Waals surface area (Å²) in [7, 11) is 0. The highest BCUT2D eigenvalue weighted by Gasteiger charge is 2.04. The molecule has 0 unspecified atom stereocenters. The lowest BCUT2D eigenvalue weighted by Crippen LogP contribution is -1.97. The summed E-state index contributed by atoms with van der Waals surface area (Å²) in [6, 6.07) is 0. The van der Waals surface area contributed by atoms with Crippen LogP contribution in [0.4, 0.5) is 0 Å². The van der Waals surface area contributed by atoms with E-state index in [-0.39, 0.29) is 6.42 Å². The van der Waals surface area contributed by atoms with E-state index >= 15 is 0 Å². The van der Waals surface area contributed by atoms with Crippen LogP contribution in [0.5, 0.6) is 0 Å². The molecule has 0 aliphatic carbocycles. The fourth-order valence-corrected chi connectivity index (χ4v) is 0.841. The molecule has 0 bridgehead atoms. The third-order valence-electron chi connectivity index (χ3n) is 1.50. The molecule has 0 aliphatic heterocycles. The first-order chi connectivity index (χ1) is 5.72. The van der Waals surface area contributed by atoms with Crippen molar-refractivity contribution in [2.75, 3.05) is 0 Å². The minimum absolute atomic E-state index is 0.0731. The van der Waals surface area contributed by atoms with Gasteiger partial charge in [-0.25, -0.2) is 4.98 Å². The van der Waals surface area contributed by atoms with Gasteiger partial charge >= 0.3 is 5.97 Å². The number of rotatable bonds is 4. The zero-order valence-electron chi connectivity index (χ0n) is 6.91. The van der Waals surface area contributed by atoms with Crippen molar-refractivity contribution in [2.45, 2.75) is 26.2 Å². The molecule has 4 heteroatoms. The van der Waals surface area contributed by atoms with Crippen LogP contribution in [-0.4, -0.2) is 16.1 Å². The second-order valence-electron chi connectivity index (χ2n) is 2.47. The maximum atomic E-state index is 10.2. The first kappa shape index (κ1) is 8.77. The molecular formula is C8H11NO3. The Morgan fingerprint density at radius 1 is 1.75 bits per heavy atom. The summed E-state index contributed by atoms with van der Waals surface area (Å²) in [5.41, 5.74) is 0. The maximum absolute atomic E-state index is 10.2. The second kappa shape index (κ2) is 3.90. The molecule has 4 nitrogen and oxygen atoms in total. The number of hydrogen-bond donors (Lipinski definition) is 1. The SMILES string of the molecule is CCc1cnc(CCC(=O)O)o1. The molecule has 12 heavy (non-hydrogen) atoms. The van der Waals surface area contributed by atoms with Crippen molar-refractivity contribution in [3.8, 4) is 0 Å². The predicted molar refractivity (Wildman–Crippen MR) is 41.8 cm³/mol. The molecule has 1 aromatic rings. The van der Waals surface area contributed by atoms with Crippen molar-refractivity contribution in [1.82, 2.24) is 4.98 Å². The maximum Gasteiger partial charge on any atom is 0.303 e. The van der Waals surface area contributed by atoms with E-state index in [9.17, 15) is 4.79 Å². The van der Waals surface area contributed by atoms with Crippen LogP contribution in [-0.2, 0) is 17.6 Å². The molecular weight excluding hydrogens is 158 g/mol. The van der Waals surface area contributed by atoms with Crippen LogP contribution in [0.15, 0.2) is 10.6 Å². The van der Waals surface area contributed by atoms with Gasteiger partial charge in [-0.05, 0) is 0 Å². The average Bonchev–Trinajstić information content (AvgIpc) is 2.48. The zero-order valence-corrected chi connectivity index (χ0v) is 6.91. The fraction of sp³-hybridized carbons (Fsp3) is 0.500. The topological polar surface area (TPSA) is 63.3 Å². The molecule has 0 fully saturated rings. The highest BCUT2D eigenvalue weighted by atomic mass is 16.4. The summed E-state index contributed by atoms with van der Waals surface area (Å²) < 4.78 is 5.21. The molecule has 1 rings (SSSR count). The number of nitrogens with zero attached hydrogens (tertiary/aromatic N) is 1. The van der Waals surface area contributed by atoms with Crippen LogP contribution in [0.1, 0.15) is 25.0 Å². The van der Waals surface area contributed by atoms with E-state index in [1.54, 1.807) is 6.20 Å². The van der Waals surface area contributed by atoms with Gasteiger partial charge in [0, 0.05) is 12.8 Å². The van der Waals surface area contributed by atoms with Gasteiger partial charge in [-0.3, -0.25) is 4.79 Å². The predicted octanol–water partition coefficient (Wildman–Crippen LogP) is 1.25. The third kappa shape index (κ3) is 2.38. The molecule has 0 spiro atoms. The first-order valence-electron chi connectivity index (χ1n) is 3.87. The Kier molecular flexibility index (Phi) is 2.85. The average molecular weight is 169 g/mol. The molecule has 1 aromatic heterocycles. The second-order valence-corrected chi connectivity index (χ2v) is 2.47. The van der Waals surface area contributed by atoms with Crippen LogP contribution in [0.3, 0.4) is 0 Å². The largest absolute Gasteiger partial charge is 0.481 e. The molecule has 0 aliphatic rings. The summed E-state index contributed by atoms with van der Waals surface area (Å²) in [4.78, 5) is 14.1. The Hall–Kier alpha value is -1.32. The van der Waals surface area contributed by atoms with Gasteiger partial charge in [0.25, 0.3) is 0 Å². The molecule has 1 N–H and O–H groups in total. The molecule has 0 amide bonds. The lowest BCUT2D eigenvalue weighted by molar-refractivity contribution is -0.137. The van der Waals surface area contributed by atoms with Crippen LogP contribution in [0, 0.1) is 0 Å². The molecule has 1 heterocycles. The van der Waals surface area contributed by atoms with E-state index in [2.05, 4.69) is 4.98 Å². The van der Waals surface area contributed by atoms with Crippen LogP contribution in [0.2, 0.25) is 0 Å². The van der Waals surface area contributed by atoms with Crippen molar-refractivity contribution < 1.29 is 14.3 Å². The highest BCUT2D eigenvalue weighted by molar-refractivity contribution is 5.66. The normalized spacial score (nSPS) is 10.1. The number of oxazole rings is 1. The number of aromatic nitrogens is 1. The summed E-state index contributed by atoms with van der Waals surface area (Å²) in [5, 5.41) is 8.37. The van der Waals surface area contributed by atoms with Crippen molar-refractivity contribution in [3.05, 3.63) is 17.8 Å². The van der Waals surface area contributed by atoms with Crippen molar-refractivity contribution >= 4 is 5.97 Å². The van der Waals surface area contributed by atoms with Crippen LogP contribution < -0.4 is 0 Å². The quantitative estimate of drug-likeness (QED) is 0.736. The van der Waals surface area contributed by atoms with Gasteiger partial charge < -0.3 is 9.52 Å². The van der Waals surface area contributed by atoms with Gasteiger partial charge in [-0.2, -0.15) is 0 Å². The number of aryl methyl sites for hydroxylation is 2. The standard InChI is InChI=1S/C8H11NO3/c1-2-6-5-9-7(12-6)3-4-8(10)11/h5H,2-4H2,1H3,(H,10,11). The Bertz CT molecular complexity index is 267. The van der Waals surface area contributed by atoms with Gasteiger partial charge in [0.1, 0.15) is 5.76 Å². The van der Waals surface area contributed by atoms with E-state index in [1.165, 1.54) is 0 Å². The van der Waals surface area contributed by atoms with E-state index < -0.39 is 5.97 Å². The number of carbonyl (C=O) groups is 1. The Morgan fingerprint density at radius 2 is 2.50 bits per heavy atom. The van der Waals surface area contributed by atoms with Crippen molar-refractivity contribution in [2.24, 2.45) is 0 Å². The highest BCUT2D eigenvalue weighted by Crippen LogP contribution is 2.05. The monoisotopic (exact) mass is 169 g/mol. The number of aliphatic carboxylic acids is 1. The fourth-order valence-electron chi connectivity index (χ4n) is 0.841. The molecule has 0 saturated heterocycles. The summed E-state index contributed by atoms with van der Waals surface area (Å²) in [5.74, 6) is 0.482. The summed E-state index contributed by atoms with van der Waals surface area (Å²) in [6.45, 7) is 1.96. The summed E-state index contributed by atoms with van der Waals surface area (Å²) in [6.07, 6.45) is 2.87. The van der Waals surface area contributed by atoms with E-state index in [1.807, 2.05) is 6.92 Å². The van der Waals surface area contributed by atoms with Crippen LogP contribution >= 0.6 is 0 Å². The number of carboxylic acids is 1. The zero-order chi connectivity index (χ0) is 8.97. The van der Waals surface area contributed by atoms with Gasteiger partial charge in [-0.1, -0.05) is 6.92 Å². The van der Waals surface area contributed by atoms with Crippen molar-refractivity contribution in [1.29, 1.82) is 0 Å². The lowest BCUT2D eigenvalue weighted by Gasteiger charge is -1.90. The number of carboxylic acid groups (broad SMARTS) is 1. The Morgan fingerprint density at radius 3 is 3.00 bits per heavy atom. The van der Waals surface area contributed by atoms with Gasteiger partial charge in [0.05, 0.1) is 12.6 Å². The first-order valence-corrected chi connectivity index (χ1v) is 3.87. The van der Waals surface area contributed by atoms with E-state index in [0.29, 0.717) is 12.3 Å². The Labute approximate surface area is 70.2 Å². The van der Waals surface area contributed by atoms with E-state index in [4.69, 9.17) is 9.52 Å². The van der Waals surface area contributed by atoms with Crippen molar-refractivity contribution in [3.63, 3.8) is 0 Å². The molecule has 0 radical (unpaired) electrons. The minimum Gasteiger partial charge on any atom is -0.481 e. The van der Waals surface area contributed by atoms with E-state index in [0.717, 1.165) is 12.2 Å². The summed E-state index contributed by atoms with van der Waals surface area (Å²) >= 11 is 0. The molecule has 0 atom stereocenters. The minimum atomic E-state index is -0.828.